The lowest BCUT2D eigenvalue weighted by molar-refractivity contribution is -0.138. The molecule has 1 aliphatic carbocycles. The van der Waals surface area contributed by atoms with Crippen molar-refractivity contribution in [2.24, 2.45) is 13.0 Å². The number of ether oxygens (including phenoxy) is 1. The monoisotopic (exact) mass is 490 g/mol. The molecule has 3 heterocycles. The van der Waals surface area contributed by atoms with Crippen molar-refractivity contribution in [1.29, 1.82) is 0 Å². The van der Waals surface area contributed by atoms with E-state index in [-0.39, 0.29) is 23.3 Å². The minimum absolute atomic E-state index is 0.0200. The first-order valence-corrected chi connectivity index (χ1v) is 13.4. The van der Waals surface area contributed by atoms with Crippen LogP contribution in [0.2, 0.25) is 0 Å². The van der Waals surface area contributed by atoms with E-state index in [0.717, 1.165) is 57.6 Å². The molecule has 0 spiro atoms. The second-order valence-electron chi connectivity index (χ2n) is 10.2. The molecule has 1 saturated heterocycles. The fraction of sp³-hybridized carbons (Fsp3) is 0.517. The highest BCUT2D eigenvalue weighted by Gasteiger charge is 2.40. The summed E-state index contributed by atoms with van der Waals surface area (Å²) < 4.78 is 9.44. The molecule has 0 bridgehead atoms. The van der Waals surface area contributed by atoms with Crippen molar-refractivity contribution >= 4 is 16.8 Å². The van der Waals surface area contributed by atoms with E-state index in [9.17, 15) is 9.59 Å². The van der Waals surface area contributed by atoms with Crippen LogP contribution in [0.4, 0.5) is 0 Å². The Kier molecular flexibility index (Phi) is 7.58. The van der Waals surface area contributed by atoms with E-state index in [1.807, 2.05) is 19.2 Å². The maximum absolute atomic E-state index is 14.1. The maximum Gasteiger partial charge on any atom is 0.250 e. The summed E-state index contributed by atoms with van der Waals surface area (Å²) in [7, 11) is 1.76. The van der Waals surface area contributed by atoms with Gasteiger partial charge in [0.15, 0.2) is 0 Å². The molecule has 1 saturated carbocycles. The molecule has 1 aromatic carbocycles. The predicted octanol–water partition coefficient (Wildman–Crippen LogP) is 3.65. The highest BCUT2D eigenvalue weighted by atomic mass is 16.5. The summed E-state index contributed by atoms with van der Waals surface area (Å²) in [4.78, 5) is 28.5. The highest BCUT2D eigenvalue weighted by molar-refractivity contribution is 5.85. The van der Waals surface area contributed by atoms with Crippen LogP contribution in [0.25, 0.3) is 10.9 Å². The Bertz CT molecular complexity index is 1260. The minimum Gasteiger partial charge on any atom is -0.382 e. The third-order valence-corrected chi connectivity index (χ3v) is 7.73. The number of nitrogens with one attached hydrogen (secondary N) is 1. The molecule has 5 rings (SSSR count). The normalized spacial score (nSPS) is 20.1. The quantitative estimate of drug-likeness (QED) is 0.441. The number of carbonyl (C=O) groups is 1. The van der Waals surface area contributed by atoms with Crippen LogP contribution in [-0.4, -0.2) is 52.3 Å². The van der Waals surface area contributed by atoms with E-state index >= 15 is 0 Å². The van der Waals surface area contributed by atoms with Crippen molar-refractivity contribution in [1.82, 2.24) is 19.4 Å². The van der Waals surface area contributed by atoms with E-state index in [4.69, 9.17) is 4.74 Å². The molecule has 7 heteroatoms. The number of aromatic nitrogens is 2. The number of piperidine rings is 1. The smallest absolute Gasteiger partial charge is 0.250 e. The number of nitrogens with zero attached hydrogens (tertiary/aromatic N) is 3. The van der Waals surface area contributed by atoms with Crippen LogP contribution in [0.1, 0.15) is 49.7 Å². The molecule has 2 fully saturated rings. The summed E-state index contributed by atoms with van der Waals surface area (Å²) >= 11 is 0. The van der Waals surface area contributed by atoms with Gasteiger partial charge in [-0.15, -0.1) is 0 Å². The third-order valence-electron chi connectivity index (χ3n) is 7.73. The van der Waals surface area contributed by atoms with Gasteiger partial charge in [-0.2, -0.15) is 0 Å². The van der Waals surface area contributed by atoms with E-state index in [2.05, 4.69) is 45.2 Å². The average molecular weight is 491 g/mol. The number of aryl methyl sites for hydroxylation is 2. The van der Waals surface area contributed by atoms with E-state index < -0.39 is 0 Å². The fourth-order valence-corrected chi connectivity index (χ4v) is 5.60. The predicted molar refractivity (Wildman–Crippen MR) is 142 cm³/mol. The van der Waals surface area contributed by atoms with E-state index in [1.165, 1.54) is 16.5 Å². The number of hydrogen-bond donors (Lipinski definition) is 1. The number of fused-ring (bicyclic) bond motifs is 1. The van der Waals surface area contributed by atoms with Gasteiger partial charge in [-0.05, 0) is 68.3 Å². The number of amides is 1. The molecule has 0 radical (unpaired) electrons. The molecule has 3 aromatic rings. The number of pyridine rings is 1. The molecule has 2 atom stereocenters. The molecule has 7 nitrogen and oxygen atoms in total. The SMILES string of the molecule is CCOCCCn1cc(CN(C(=O)C2CNCC[C@@H]2c2ccn(C)c(=O)c2)C2CC2)c2ccccc21. The Balaban J connectivity index is 1.39. The third kappa shape index (κ3) is 5.27. The van der Waals surface area contributed by atoms with Gasteiger partial charge in [-0.3, -0.25) is 9.59 Å². The summed E-state index contributed by atoms with van der Waals surface area (Å²) in [5.74, 6) is 0.114. The van der Waals surface area contributed by atoms with Crippen molar-refractivity contribution in [3.05, 3.63) is 70.3 Å². The molecular weight excluding hydrogens is 452 g/mol. The lowest BCUT2D eigenvalue weighted by Gasteiger charge is -2.35. The fourth-order valence-electron chi connectivity index (χ4n) is 5.60. The summed E-state index contributed by atoms with van der Waals surface area (Å²) in [5.41, 5.74) is 3.38. The number of carbonyl (C=O) groups excluding carboxylic acids is 1. The average Bonchev–Trinajstić information content (AvgIpc) is 3.69. The lowest BCUT2D eigenvalue weighted by atomic mass is 9.80. The molecule has 1 unspecified atom stereocenters. The summed E-state index contributed by atoms with van der Waals surface area (Å²) in [6.45, 7) is 6.56. The Labute approximate surface area is 213 Å². The van der Waals surface area contributed by atoms with Crippen LogP contribution in [0.5, 0.6) is 0 Å². The second-order valence-corrected chi connectivity index (χ2v) is 10.2. The standard InChI is InChI=1S/C29H38N4O3/c1-3-36-16-6-14-32-19-22(25-7-4-5-8-27(25)32)20-33(23-9-10-23)29(35)26-18-30-13-11-24(26)21-12-15-31(2)28(34)17-21/h4-5,7-8,12,15,17,19,23-24,26,30H,3,6,9-11,13-14,16,18,20H2,1-2H3/t24-,26?/m1/s1. The van der Waals surface area contributed by atoms with Gasteiger partial charge < -0.3 is 24.1 Å². The van der Waals surface area contributed by atoms with Gasteiger partial charge in [0.1, 0.15) is 0 Å². The first-order chi connectivity index (χ1) is 17.6. The minimum atomic E-state index is -0.161. The molecular formula is C29H38N4O3. The van der Waals surface area contributed by atoms with Crippen LogP contribution in [0.15, 0.2) is 53.6 Å². The van der Waals surface area contributed by atoms with Gasteiger partial charge in [0.05, 0.1) is 5.92 Å². The zero-order valence-corrected chi connectivity index (χ0v) is 21.5. The van der Waals surface area contributed by atoms with Gasteiger partial charge in [0.2, 0.25) is 5.91 Å². The molecule has 1 amide bonds. The summed E-state index contributed by atoms with van der Waals surface area (Å²) in [6.07, 6.45) is 8.01. The zero-order chi connectivity index (χ0) is 25.1. The van der Waals surface area contributed by atoms with Crippen LogP contribution < -0.4 is 10.9 Å². The first kappa shape index (κ1) is 24.8. The number of benzene rings is 1. The maximum atomic E-state index is 14.1. The first-order valence-electron chi connectivity index (χ1n) is 13.4. The lowest BCUT2D eigenvalue weighted by Crippen LogP contribution is -2.47. The largest absolute Gasteiger partial charge is 0.382 e. The zero-order valence-electron chi connectivity index (χ0n) is 21.5. The summed E-state index contributed by atoms with van der Waals surface area (Å²) in [6, 6.07) is 12.5. The van der Waals surface area contributed by atoms with Crippen molar-refractivity contribution in [2.45, 2.75) is 57.7 Å². The van der Waals surface area contributed by atoms with Crippen molar-refractivity contribution in [3.8, 4) is 0 Å². The van der Waals surface area contributed by atoms with Crippen molar-refractivity contribution in [2.75, 3.05) is 26.3 Å². The van der Waals surface area contributed by atoms with Gasteiger partial charge in [-0.1, -0.05) is 18.2 Å². The summed E-state index contributed by atoms with van der Waals surface area (Å²) in [5, 5.41) is 4.66. The van der Waals surface area contributed by atoms with Crippen LogP contribution >= 0.6 is 0 Å². The van der Waals surface area contributed by atoms with Gasteiger partial charge >= 0.3 is 0 Å². The topological polar surface area (TPSA) is 68.5 Å². The number of hydrogen-bond acceptors (Lipinski definition) is 4. The molecule has 1 N–H and O–H groups in total. The Morgan fingerprint density at radius 1 is 1.19 bits per heavy atom. The van der Waals surface area contributed by atoms with Gasteiger partial charge in [-0.25, -0.2) is 0 Å². The second kappa shape index (κ2) is 11.0. The Hall–Kier alpha value is -2.90. The highest BCUT2D eigenvalue weighted by Crippen LogP contribution is 2.36. The molecule has 36 heavy (non-hydrogen) atoms. The number of para-hydroxylation sites is 1. The molecule has 2 aromatic heterocycles. The van der Waals surface area contributed by atoms with Crippen molar-refractivity contribution < 1.29 is 9.53 Å². The van der Waals surface area contributed by atoms with Gasteiger partial charge in [0.25, 0.3) is 5.56 Å². The molecule has 192 valence electrons. The van der Waals surface area contributed by atoms with Crippen LogP contribution in [-0.2, 0) is 29.7 Å². The Morgan fingerprint density at radius 3 is 2.81 bits per heavy atom. The van der Waals surface area contributed by atoms with E-state index in [0.29, 0.717) is 19.1 Å². The molecule has 1 aliphatic heterocycles. The van der Waals surface area contributed by atoms with Crippen LogP contribution in [0.3, 0.4) is 0 Å². The van der Waals surface area contributed by atoms with E-state index in [1.54, 1.807) is 17.7 Å². The molecule has 2 aliphatic rings. The number of rotatable bonds is 10. The van der Waals surface area contributed by atoms with Crippen LogP contribution in [0, 0.1) is 5.92 Å². The van der Waals surface area contributed by atoms with Crippen molar-refractivity contribution in [3.63, 3.8) is 0 Å². The van der Waals surface area contributed by atoms with Gasteiger partial charge in [0, 0.05) is 75.3 Å². The Morgan fingerprint density at radius 2 is 2.03 bits per heavy atom.